The Balaban J connectivity index is 2.18. The summed E-state index contributed by atoms with van der Waals surface area (Å²) in [6.45, 7) is 2.26. The zero-order chi connectivity index (χ0) is 14.0. The number of carbonyl (C=O) groups is 1. The van der Waals surface area contributed by atoms with Gasteiger partial charge in [0.25, 0.3) is 5.91 Å². The van der Waals surface area contributed by atoms with Crippen LogP contribution in [0.3, 0.4) is 0 Å². The second-order valence-corrected chi connectivity index (χ2v) is 6.15. The number of anilines is 2. The third-order valence-corrected chi connectivity index (χ3v) is 4.78. The van der Waals surface area contributed by atoms with Gasteiger partial charge in [-0.1, -0.05) is 6.92 Å². The Bertz CT molecular complexity index is 523. The molecule has 0 spiro atoms. The first-order valence-electron chi connectivity index (χ1n) is 6.41. The maximum Gasteiger partial charge on any atom is 0.261 e. The third-order valence-electron chi connectivity index (χ3n) is 3.63. The Hall–Kier alpha value is -1.74. The summed E-state index contributed by atoms with van der Waals surface area (Å²) >= 11 is 1.18. The number of hydrogen-bond donors (Lipinski definition) is 3. The van der Waals surface area contributed by atoms with Crippen molar-refractivity contribution < 1.29 is 4.79 Å². The van der Waals surface area contributed by atoms with Gasteiger partial charge in [0.05, 0.1) is 5.69 Å². The van der Waals surface area contributed by atoms with E-state index in [1.165, 1.54) is 24.2 Å². The molecule has 1 amide bonds. The van der Waals surface area contributed by atoms with Crippen molar-refractivity contribution >= 4 is 27.9 Å². The first kappa shape index (κ1) is 13.7. The fraction of sp³-hybridized carbons (Fsp3) is 0.538. The second kappa shape index (κ2) is 5.49. The van der Waals surface area contributed by atoms with E-state index in [9.17, 15) is 4.79 Å². The van der Waals surface area contributed by atoms with E-state index < -0.39 is 5.91 Å². The second-order valence-electron chi connectivity index (χ2n) is 5.13. The van der Waals surface area contributed by atoms with E-state index in [0.717, 1.165) is 18.8 Å². The van der Waals surface area contributed by atoms with Crippen LogP contribution in [0.1, 0.15) is 47.8 Å². The van der Waals surface area contributed by atoms with Crippen molar-refractivity contribution in [3.8, 4) is 6.07 Å². The Kier molecular flexibility index (Phi) is 3.96. The van der Waals surface area contributed by atoms with E-state index >= 15 is 0 Å². The zero-order valence-electron chi connectivity index (χ0n) is 10.9. The number of rotatable bonds is 3. The lowest BCUT2D eigenvalue weighted by Gasteiger charge is -2.27. The summed E-state index contributed by atoms with van der Waals surface area (Å²) in [4.78, 5) is 11.5. The molecule has 0 aliphatic heterocycles. The minimum absolute atomic E-state index is 0.201. The van der Waals surface area contributed by atoms with Crippen LogP contribution >= 0.6 is 11.3 Å². The summed E-state index contributed by atoms with van der Waals surface area (Å²) in [5.74, 6) is 0.187. The van der Waals surface area contributed by atoms with E-state index in [1.54, 1.807) is 0 Å². The number of hydrogen-bond acceptors (Lipinski definition) is 5. The van der Waals surface area contributed by atoms with Gasteiger partial charge in [-0.25, -0.2) is 0 Å². The van der Waals surface area contributed by atoms with Gasteiger partial charge in [-0.15, -0.1) is 11.3 Å². The molecule has 5 N–H and O–H groups in total. The number of carbonyl (C=O) groups excluding carboxylic acids is 1. The van der Waals surface area contributed by atoms with Crippen LogP contribution in [0.15, 0.2) is 0 Å². The van der Waals surface area contributed by atoms with E-state index in [2.05, 4.69) is 18.3 Å². The maximum atomic E-state index is 11.3. The van der Waals surface area contributed by atoms with Crippen LogP contribution in [-0.2, 0) is 0 Å². The number of nitriles is 1. The molecule has 1 aromatic rings. The molecule has 1 aliphatic rings. The molecule has 1 fully saturated rings. The molecule has 102 valence electrons. The predicted octanol–water partition coefficient (Wildman–Crippen LogP) is 2.29. The Morgan fingerprint density at radius 3 is 2.58 bits per heavy atom. The molecule has 1 saturated carbocycles. The standard InChI is InChI=1S/C13H18N4OS/c1-7-2-4-8(5-3-7)17-13-9(6-14)10(15)11(19-13)12(16)18/h7-8,17H,2-5,15H2,1H3,(H2,16,18). The van der Waals surface area contributed by atoms with Gasteiger partial charge < -0.3 is 16.8 Å². The summed E-state index contributed by atoms with van der Waals surface area (Å²) in [7, 11) is 0. The number of primary amides is 1. The largest absolute Gasteiger partial charge is 0.396 e. The first-order valence-corrected chi connectivity index (χ1v) is 7.23. The molecule has 0 aromatic carbocycles. The fourth-order valence-electron chi connectivity index (χ4n) is 2.43. The summed E-state index contributed by atoms with van der Waals surface area (Å²) in [5.41, 5.74) is 11.6. The van der Waals surface area contributed by atoms with Crippen molar-refractivity contribution in [1.29, 1.82) is 5.26 Å². The first-order chi connectivity index (χ1) is 9.02. The molecule has 0 saturated heterocycles. The topological polar surface area (TPSA) is 105 Å². The highest BCUT2D eigenvalue weighted by Crippen LogP contribution is 2.37. The number of nitrogens with one attached hydrogen (secondary N) is 1. The predicted molar refractivity (Wildman–Crippen MR) is 77.0 cm³/mol. The molecule has 0 atom stereocenters. The molecule has 5 nitrogen and oxygen atoms in total. The highest BCUT2D eigenvalue weighted by atomic mass is 32.1. The molecule has 0 unspecified atom stereocenters. The van der Waals surface area contributed by atoms with Crippen molar-refractivity contribution in [2.75, 3.05) is 11.1 Å². The van der Waals surface area contributed by atoms with Crippen LogP contribution in [0.4, 0.5) is 10.7 Å². The van der Waals surface area contributed by atoms with E-state index in [1.807, 2.05) is 0 Å². The molecular weight excluding hydrogens is 260 g/mol. The maximum absolute atomic E-state index is 11.3. The molecule has 6 heteroatoms. The van der Waals surface area contributed by atoms with Crippen LogP contribution in [0.5, 0.6) is 0 Å². The van der Waals surface area contributed by atoms with Crippen molar-refractivity contribution in [1.82, 2.24) is 0 Å². The van der Waals surface area contributed by atoms with Gasteiger partial charge in [-0.2, -0.15) is 5.26 Å². The minimum Gasteiger partial charge on any atom is -0.396 e. The van der Waals surface area contributed by atoms with Crippen molar-refractivity contribution in [3.05, 3.63) is 10.4 Å². The number of nitrogens with two attached hydrogens (primary N) is 2. The molecule has 19 heavy (non-hydrogen) atoms. The molecule has 0 bridgehead atoms. The lowest BCUT2D eigenvalue weighted by Crippen LogP contribution is -2.25. The van der Waals surface area contributed by atoms with Crippen molar-refractivity contribution in [2.24, 2.45) is 11.7 Å². The molecular formula is C13H18N4OS. The van der Waals surface area contributed by atoms with Crippen LogP contribution in [0.25, 0.3) is 0 Å². The van der Waals surface area contributed by atoms with Gasteiger partial charge in [0, 0.05) is 6.04 Å². The average Bonchev–Trinajstić information content (AvgIpc) is 2.68. The highest BCUT2D eigenvalue weighted by Gasteiger charge is 2.23. The van der Waals surface area contributed by atoms with E-state index in [0.29, 0.717) is 16.6 Å². The molecule has 0 radical (unpaired) electrons. The SMILES string of the molecule is CC1CCC(Nc2sc(C(N)=O)c(N)c2C#N)CC1. The van der Waals surface area contributed by atoms with Gasteiger partial charge in [-0.05, 0) is 31.6 Å². The van der Waals surface area contributed by atoms with Crippen LogP contribution in [-0.4, -0.2) is 11.9 Å². The molecule has 1 heterocycles. The van der Waals surface area contributed by atoms with Crippen molar-refractivity contribution in [3.63, 3.8) is 0 Å². The number of nitrogens with zero attached hydrogens (tertiary/aromatic N) is 1. The fourth-order valence-corrected chi connectivity index (χ4v) is 3.43. The lowest BCUT2D eigenvalue weighted by molar-refractivity contribution is 0.100. The van der Waals surface area contributed by atoms with Crippen LogP contribution in [0.2, 0.25) is 0 Å². The monoisotopic (exact) mass is 278 g/mol. The van der Waals surface area contributed by atoms with Crippen LogP contribution in [0, 0.1) is 17.2 Å². The van der Waals surface area contributed by atoms with Gasteiger partial charge >= 0.3 is 0 Å². The van der Waals surface area contributed by atoms with Crippen LogP contribution < -0.4 is 16.8 Å². The van der Waals surface area contributed by atoms with Gasteiger partial charge in [0.15, 0.2) is 0 Å². The highest BCUT2D eigenvalue weighted by molar-refractivity contribution is 7.18. The lowest BCUT2D eigenvalue weighted by atomic mass is 9.87. The summed E-state index contributed by atoms with van der Waals surface area (Å²) in [5, 5.41) is 13.2. The summed E-state index contributed by atoms with van der Waals surface area (Å²) in [6, 6.07) is 2.40. The van der Waals surface area contributed by atoms with Gasteiger partial charge in [0.1, 0.15) is 21.5 Å². The Morgan fingerprint density at radius 2 is 2.05 bits per heavy atom. The minimum atomic E-state index is -0.579. The average molecular weight is 278 g/mol. The van der Waals surface area contributed by atoms with E-state index in [4.69, 9.17) is 16.7 Å². The number of amides is 1. The zero-order valence-corrected chi connectivity index (χ0v) is 11.7. The van der Waals surface area contributed by atoms with Crippen molar-refractivity contribution in [2.45, 2.75) is 38.6 Å². The normalized spacial score (nSPS) is 22.7. The molecule has 1 aliphatic carbocycles. The smallest absolute Gasteiger partial charge is 0.261 e. The van der Waals surface area contributed by atoms with E-state index in [-0.39, 0.29) is 10.6 Å². The van der Waals surface area contributed by atoms with Gasteiger partial charge in [0.2, 0.25) is 0 Å². The Labute approximate surface area is 116 Å². The Morgan fingerprint density at radius 1 is 1.42 bits per heavy atom. The quantitative estimate of drug-likeness (QED) is 0.788. The summed E-state index contributed by atoms with van der Waals surface area (Å²) < 4.78 is 0. The number of nitrogen functional groups attached to an aromatic ring is 1. The molecule has 1 aromatic heterocycles. The number of thiophene rings is 1. The summed E-state index contributed by atoms with van der Waals surface area (Å²) in [6.07, 6.45) is 4.53. The third kappa shape index (κ3) is 2.82. The van der Waals surface area contributed by atoms with Gasteiger partial charge in [-0.3, -0.25) is 4.79 Å². The molecule has 2 rings (SSSR count).